The molecule has 1 aromatic heterocycles. The van der Waals surface area contributed by atoms with Crippen LogP contribution in [0.4, 0.5) is 25.1 Å². The number of nitrogens with two attached hydrogens (primary N) is 1. The average molecular weight is 325 g/mol. The molecule has 1 heterocycles. The average Bonchev–Trinajstić information content (AvgIpc) is 2.72. The summed E-state index contributed by atoms with van der Waals surface area (Å²) in [6.07, 6.45) is 7.82. The van der Waals surface area contributed by atoms with E-state index in [0.29, 0.717) is 0 Å². The topological polar surface area (TPSA) is 76.7 Å². The van der Waals surface area contributed by atoms with Crippen molar-refractivity contribution in [2.45, 2.75) is 38.4 Å². The molecule has 0 fully saturated rings. The largest absolute Gasteiger partial charge is 0.451 e. The predicted octanol–water partition coefficient (Wildman–Crippen LogP) is 3.50. The van der Waals surface area contributed by atoms with Crippen molar-refractivity contribution in [1.82, 2.24) is 15.0 Å². The number of hydrogen-bond acceptors (Lipinski definition) is 5. The molecule has 0 radical (unpaired) electrons. The molecular weight excluding hydrogens is 307 g/mol. The molecule has 0 spiro atoms. The second-order valence-electron chi connectivity index (χ2n) is 5.26. The molecule has 1 unspecified atom stereocenters. The zero-order valence-corrected chi connectivity index (χ0v) is 12.6. The van der Waals surface area contributed by atoms with E-state index in [4.69, 9.17) is 5.73 Å². The maximum atomic E-state index is 12.7. The van der Waals surface area contributed by atoms with Gasteiger partial charge >= 0.3 is 6.18 Å². The summed E-state index contributed by atoms with van der Waals surface area (Å²) in [6, 6.07) is -0.102. The Bertz CT molecular complexity index is 634. The minimum Gasteiger partial charge on any atom is -0.368 e. The number of rotatable bonds is 5. The van der Waals surface area contributed by atoms with Crippen molar-refractivity contribution in [3.63, 3.8) is 0 Å². The Labute approximate surface area is 132 Å². The molecule has 0 aromatic carbocycles. The van der Waals surface area contributed by atoms with E-state index in [-0.39, 0.29) is 12.0 Å². The van der Waals surface area contributed by atoms with Crippen LogP contribution in [0.25, 0.3) is 0 Å². The SMILES string of the molecule is CC(CCC1=CC=CC=CC1)Nc1nc(N)nc(C(F)(F)F)n1. The molecule has 0 bridgehead atoms. The van der Waals surface area contributed by atoms with Gasteiger partial charge in [-0.2, -0.15) is 28.1 Å². The molecule has 0 saturated heterocycles. The second-order valence-corrected chi connectivity index (χ2v) is 5.26. The van der Waals surface area contributed by atoms with Crippen LogP contribution < -0.4 is 11.1 Å². The molecule has 1 aliphatic rings. The van der Waals surface area contributed by atoms with Crippen molar-refractivity contribution in [3.05, 3.63) is 41.8 Å². The third-order valence-electron chi connectivity index (χ3n) is 3.25. The first-order valence-electron chi connectivity index (χ1n) is 7.21. The Morgan fingerprint density at radius 3 is 2.74 bits per heavy atom. The first-order valence-corrected chi connectivity index (χ1v) is 7.21. The van der Waals surface area contributed by atoms with E-state index in [0.717, 1.165) is 19.3 Å². The predicted molar refractivity (Wildman–Crippen MR) is 82.5 cm³/mol. The lowest BCUT2D eigenvalue weighted by atomic mass is 10.0. The van der Waals surface area contributed by atoms with E-state index >= 15 is 0 Å². The van der Waals surface area contributed by atoms with Gasteiger partial charge in [0, 0.05) is 6.04 Å². The number of nitrogens with zero attached hydrogens (tertiary/aromatic N) is 3. The van der Waals surface area contributed by atoms with Gasteiger partial charge in [-0.3, -0.25) is 0 Å². The number of aromatic nitrogens is 3. The molecule has 1 aliphatic carbocycles. The smallest absolute Gasteiger partial charge is 0.368 e. The standard InChI is InChI=1S/C15H18F3N5/c1-10(8-9-11-6-4-2-3-5-7-11)20-14-22-12(15(16,17)18)21-13(19)23-14/h2-6,10H,7-9H2,1H3,(H3,19,20,21,22,23). The number of hydrogen-bond donors (Lipinski definition) is 2. The summed E-state index contributed by atoms with van der Waals surface area (Å²) in [5.41, 5.74) is 6.57. The number of anilines is 2. The molecule has 23 heavy (non-hydrogen) atoms. The summed E-state index contributed by atoms with van der Waals surface area (Å²) in [7, 11) is 0. The second kappa shape index (κ2) is 7.26. The van der Waals surface area contributed by atoms with Gasteiger partial charge in [0.1, 0.15) is 0 Å². The van der Waals surface area contributed by atoms with E-state index in [2.05, 4.69) is 32.4 Å². The highest BCUT2D eigenvalue weighted by atomic mass is 19.4. The summed E-state index contributed by atoms with van der Waals surface area (Å²) in [6.45, 7) is 1.86. The van der Waals surface area contributed by atoms with E-state index in [1.54, 1.807) is 0 Å². The fraction of sp³-hybridized carbons (Fsp3) is 0.400. The monoisotopic (exact) mass is 325 g/mol. The van der Waals surface area contributed by atoms with Crippen molar-refractivity contribution in [2.24, 2.45) is 0 Å². The first-order chi connectivity index (χ1) is 10.8. The Morgan fingerprint density at radius 2 is 2.00 bits per heavy atom. The van der Waals surface area contributed by atoms with E-state index in [9.17, 15) is 13.2 Å². The third kappa shape index (κ3) is 5.39. The Morgan fingerprint density at radius 1 is 1.22 bits per heavy atom. The zero-order valence-electron chi connectivity index (χ0n) is 12.6. The summed E-state index contributed by atoms with van der Waals surface area (Å²) >= 11 is 0. The van der Waals surface area contributed by atoms with Gasteiger partial charge in [-0.1, -0.05) is 36.0 Å². The number of halogens is 3. The number of allylic oxidation sites excluding steroid dienone is 6. The number of nitrogens with one attached hydrogen (secondary N) is 1. The highest BCUT2D eigenvalue weighted by molar-refractivity contribution is 5.32. The molecule has 0 saturated carbocycles. The molecular formula is C15H18F3N5. The van der Waals surface area contributed by atoms with Crippen molar-refractivity contribution in [2.75, 3.05) is 11.1 Å². The molecule has 1 atom stereocenters. The molecule has 124 valence electrons. The van der Waals surface area contributed by atoms with E-state index in [1.165, 1.54) is 5.57 Å². The molecule has 0 amide bonds. The van der Waals surface area contributed by atoms with Crippen LogP contribution in [0, 0.1) is 0 Å². The highest BCUT2D eigenvalue weighted by Gasteiger charge is 2.35. The molecule has 5 nitrogen and oxygen atoms in total. The van der Waals surface area contributed by atoms with Crippen molar-refractivity contribution < 1.29 is 13.2 Å². The molecule has 2 rings (SSSR count). The van der Waals surface area contributed by atoms with Gasteiger partial charge in [-0.05, 0) is 26.2 Å². The maximum absolute atomic E-state index is 12.7. The first kappa shape index (κ1) is 17.0. The summed E-state index contributed by atoms with van der Waals surface area (Å²) < 4.78 is 38.0. The van der Waals surface area contributed by atoms with Gasteiger partial charge in [0.25, 0.3) is 0 Å². The van der Waals surface area contributed by atoms with Crippen molar-refractivity contribution >= 4 is 11.9 Å². The van der Waals surface area contributed by atoms with Crippen LogP contribution in [0.3, 0.4) is 0 Å². The summed E-state index contributed by atoms with van der Waals surface area (Å²) in [5.74, 6) is -1.91. The maximum Gasteiger partial charge on any atom is 0.451 e. The molecule has 3 N–H and O–H groups in total. The summed E-state index contributed by atoms with van der Waals surface area (Å²) in [5, 5.41) is 2.84. The quantitative estimate of drug-likeness (QED) is 0.866. The Balaban J connectivity index is 1.96. The van der Waals surface area contributed by atoms with Crippen molar-refractivity contribution in [1.29, 1.82) is 0 Å². The zero-order chi connectivity index (χ0) is 16.9. The lowest BCUT2D eigenvalue weighted by Crippen LogP contribution is -2.21. The van der Waals surface area contributed by atoms with Crippen LogP contribution in [0.1, 0.15) is 32.0 Å². The van der Waals surface area contributed by atoms with Gasteiger partial charge in [-0.25, -0.2) is 0 Å². The minimum atomic E-state index is -4.65. The van der Waals surface area contributed by atoms with Gasteiger partial charge in [0.2, 0.25) is 17.7 Å². The van der Waals surface area contributed by atoms with Gasteiger partial charge in [-0.15, -0.1) is 0 Å². The lowest BCUT2D eigenvalue weighted by Gasteiger charge is -2.15. The lowest BCUT2D eigenvalue weighted by molar-refractivity contribution is -0.144. The normalized spacial score (nSPS) is 15.9. The van der Waals surface area contributed by atoms with Crippen LogP contribution in [0.5, 0.6) is 0 Å². The van der Waals surface area contributed by atoms with Crippen LogP contribution in [-0.4, -0.2) is 21.0 Å². The van der Waals surface area contributed by atoms with E-state index < -0.39 is 17.9 Å². The molecule has 1 aromatic rings. The fourth-order valence-electron chi connectivity index (χ4n) is 2.09. The van der Waals surface area contributed by atoms with Crippen LogP contribution in [0.15, 0.2) is 36.0 Å². The Hall–Kier alpha value is -2.38. The Kier molecular flexibility index (Phi) is 5.36. The van der Waals surface area contributed by atoms with Crippen LogP contribution >= 0.6 is 0 Å². The molecule has 8 heteroatoms. The van der Waals surface area contributed by atoms with Crippen LogP contribution in [0.2, 0.25) is 0 Å². The van der Waals surface area contributed by atoms with Crippen molar-refractivity contribution in [3.8, 4) is 0 Å². The fourth-order valence-corrected chi connectivity index (χ4v) is 2.09. The third-order valence-corrected chi connectivity index (χ3v) is 3.25. The van der Waals surface area contributed by atoms with Gasteiger partial charge in [0.05, 0.1) is 0 Å². The van der Waals surface area contributed by atoms with Gasteiger partial charge in [0.15, 0.2) is 0 Å². The molecule has 0 aliphatic heterocycles. The highest BCUT2D eigenvalue weighted by Crippen LogP contribution is 2.27. The van der Waals surface area contributed by atoms with Crippen LogP contribution in [-0.2, 0) is 6.18 Å². The van der Waals surface area contributed by atoms with E-state index in [1.807, 2.05) is 25.2 Å². The number of alkyl halides is 3. The summed E-state index contributed by atoms with van der Waals surface area (Å²) in [4.78, 5) is 10.2. The number of nitrogen functional groups attached to an aromatic ring is 1. The minimum absolute atomic E-state index is 0.102. The van der Waals surface area contributed by atoms with Gasteiger partial charge < -0.3 is 11.1 Å².